The summed E-state index contributed by atoms with van der Waals surface area (Å²) in [5.74, 6) is 0.486. The van der Waals surface area contributed by atoms with Crippen LogP contribution in [0.3, 0.4) is 0 Å². The molecule has 0 bridgehead atoms. The Morgan fingerprint density at radius 1 is 1.35 bits per heavy atom. The van der Waals surface area contributed by atoms with E-state index >= 15 is 0 Å². The second kappa shape index (κ2) is 6.61. The highest BCUT2D eigenvalue weighted by molar-refractivity contribution is 6.30. The Hall–Kier alpha value is -2.60. The van der Waals surface area contributed by atoms with Crippen LogP contribution in [0.5, 0.6) is 5.75 Å². The molecule has 0 fully saturated rings. The molecule has 1 aliphatic rings. The Morgan fingerprint density at radius 3 is 3.00 bits per heavy atom. The molecule has 0 saturated heterocycles. The summed E-state index contributed by atoms with van der Waals surface area (Å²) in [5.41, 5.74) is 9.09. The van der Waals surface area contributed by atoms with Gasteiger partial charge in [-0.3, -0.25) is 0 Å². The van der Waals surface area contributed by atoms with Crippen molar-refractivity contribution >= 4 is 17.3 Å². The van der Waals surface area contributed by atoms with Crippen molar-refractivity contribution in [2.24, 2.45) is 0 Å². The molecule has 5 nitrogen and oxygen atoms in total. The van der Waals surface area contributed by atoms with Gasteiger partial charge in [-0.1, -0.05) is 23.7 Å². The molecule has 0 radical (unpaired) electrons. The number of fused-ring (bicyclic) bond motifs is 1. The number of halogens is 2. The molecule has 134 valence electrons. The normalized spacial score (nSPS) is 14.1. The van der Waals surface area contributed by atoms with E-state index in [1.165, 1.54) is 12.1 Å². The summed E-state index contributed by atoms with van der Waals surface area (Å²) in [6.07, 6.45) is 3.34. The maximum atomic E-state index is 14.1. The van der Waals surface area contributed by atoms with Gasteiger partial charge in [0.25, 0.3) is 0 Å². The highest BCUT2D eigenvalue weighted by Gasteiger charge is 2.25. The fraction of sp³-hybridized carbons (Fsp3) is 0.263. The molecule has 2 N–H and O–H groups in total. The van der Waals surface area contributed by atoms with Crippen LogP contribution in [0.4, 0.5) is 10.1 Å². The molecule has 0 aliphatic carbocycles. The van der Waals surface area contributed by atoms with Crippen LogP contribution >= 0.6 is 11.6 Å². The van der Waals surface area contributed by atoms with Gasteiger partial charge in [0.05, 0.1) is 18.8 Å². The van der Waals surface area contributed by atoms with Gasteiger partial charge in [0.2, 0.25) is 0 Å². The zero-order chi connectivity index (χ0) is 18.3. The summed E-state index contributed by atoms with van der Waals surface area (Å²) in [5, 5.41) is 9.04. The van der Waals surface area contributed by atoms with Gasteiger partial charge >= 0.3 is 0 Å². The summed E-state index contributed by atoms with van der Waals surface area (Å²) < 4.78 is 21.7. The molecule has 1 aliphatic heterocycles. The van der Waals surface area contributed by atoms with Crippen LogP contribution in [0.2, 0.25) is 5.02 Å². The number of benzene rings is 2. The van der Waals surface area contributed by atoms with Crippen molar-refractivity contribution in [3.05, 3.63) is 58.5 Å². The largest absolute Gasteiger partial charge is 0.493 e. The van der Waals surface area contributed by atoms with Crippen molar-refractivity contribution in [1.82, 2.24) is 15.0 Å². The van der Waals surface area contributed by atoms with E-state index in [0.29, 0.717) is 28.6 Å². The molecule has 2 heterocycles. The minimum atomic E-state index is -0.383. The first kappa shape index (κ1) is 16.8. The van der Waals surface area contributed by atoms with Crippen LogP contribution in [0.25, 0.3) is 11.3 Å². The fourth-order valence-corrected chi connectivity index (χ4v) is 3.64. The third-order valence-electron chi connectivity index (χ3n) is 4.62. The van der Waals surface area contributed by atoms with Gasteiger partial charge in [0.15, 0.2) is 0 Å². The van der Waals surface area contributed by atoms with E-state index in [0.717, 1.165) is 29.7 Å². The molecule has 2 aromatic carbocycles. The van der Waals surface area contributed by atoms with Crippen LogP contribution in [-0.2, 0) is 6.42 Å². The van der Waals surface area contributed by atoms with Crippen molar-refractivity contribution < 1.29 is 9.13 Å². The quantitative estimate of drug-likeness (QED) is 0.695. The van der Waals surface area contributed by atoms with Crippen molar-refractivity contribution in [3.8, 4) is 17.0 Å². The Labute approximate surface area is 155 Å². The van der Waals surface area contributed by atoms with E-state index in [9.17, 15) is 4.39 Å². The molecular formula is C19H18ClFN4O. The van der Waals surface area contributed by atoms with E-state index in [4.69, 9.17) is 22.1 Å². The predicted molar refractivity (Wildman–Crippen MR) is 98.9 cm³/mol. The Bertz CT molecular complexity index is 972. The molecule has 1 atom stereocenters. The highest BCUT2D eigenvalue weighted by atomic mass is 35.5. The number of hydrogen-bond acceptors (Lipinski definition) is 4. The van der Waals surface area contributed by atoms with Gasteiger partial charge in [0.1, 0.15) is 17.3 Å². The molecular weight excluding hydrogens is 355 g/mol. The fourth-order valence-electron chi connectivity index (χ4n) is 3.39. The maximum Gasteiger partial charge on any atom is 0.132 e. The lowest BCUT2D eigenvalue weighted by atomic mass is 10.00. The van der Waals surface area contributed by atoms with E-state index < -0.39 is 0 Å². The summed E-state index contributed by atoms with van der Waals surface area (Å²) in [6.45, 7) is 2.70. The molecule has 0 amide bonds. The summed E-state index contributed by atoms with van der Waals surface area (Å²) in [4.78, 5) is 0. The Balaban J connectivity index is 1.76. The first-order valence-corrected chi connectivity index (χ1v) is 8.87. The number of anilines is 1. The number of aromatic nitrogens is 3. The monoisotopic (exact) mass is 372 g/mol. The second-order valence-corrected chi connectivity index (χ2v) is 6.77. The molecule has 1 unspecified atom stereocenters. The molecule has 1 aromatic heterocycles. The average Bonchev–Trinajstić information content (AvgIpc) is 3.27. The lowest BCUT2D eigenvalue weighted by molar-refractivity contribution is 0.346. The van der Waals surface area contributed by atoms with Crippen LogP contribution in [-0.4, -0.2) is 21.6 Å². The van der Waals surface area contributed by atoms with E-state index in [1.807, 2.05) is 12.1 Å². The van der Waals surface area contributed by atoms with Crippen molar-refractivity contribution in [1.29, 1.82) is 0 Å². The summed E-state index contributed by atoms with van der Waals surface area (Å²) in [7, 11) is 0. The molecule has 0 saturated carbocycles. The Morgan fingerprint density at radius 2 is 2.19 bits per heavy atom. The van der Waals surface area contributed by atoms with Crippen LogP contribution in [0.1, 0.15) is 30.5 Å². The van der Waals surface area contributed by atoms with E-state index in [1.54, 1.807) is 16.9 Å². The minimum absolute atomic E-state index is 0.106. The zero-order valence-electron chi connectivity index (χ0n) is 14.2. The van der Waals surface area contributed by atoms with Crippen molar-refractivity contribution in [2.75, 3.05) is 12.3 Å². The summed E-state index contributed by atoms with van der Waals surface area (Å²) in [6, 6.07) is 8.15. The molecule has 3 aromatic rings. The topological polar surface area (TPSA) is 66.0 Å². The first-order valence-electron chi connectivity index (χ1n) is 8.49. The Kier molecular flexibility index (Phi) is 4.28. The lowest BCUT2D eigenvalue weighted by Gasteiger charge is -2.18. The smallest absolute Gasteiger partial charge is 0.132 e. The molecule has 7 heteroatoms. The second-order valence-electron chi connectivity index (χ2n) is 6.33. The highest BCUT2D eigenvalue weighted by Crippen LogP contribution is 2.39. The van der Waals surface area contributed by atoms with Gasteiger partial charge in [-0.2, -0.15) is 0 Å². The lowest BCUT2D eigenvalue weighted by Crippen LogP contribution is -2.12. The number of ether oxygens (including phenoxy) is 1. The molecule has 26 heavy (non-hydrogen) atoms. The van der Waals surface area contributed by atoms with Crippen molar-refractivity contribution in [2.45, 2.75) is 25.8 Å². The number of hydrogen-bond donors (Lipinski definition) is 1. The van der Waals surface area contributed by atoms with Gasteiger partial charge < -0.3 is 10.5 Å². The zero-order valence-corrected chi connectivity index (χ0v) is 15.0. The third kappa shape index (κ3) is 2.90. The first-order chi connectivity index (χ1) is 12.6. The van der Waals surface area contributed by atoms with Gasteiger partial charge in [-0.15, -0.1) is 5.10 Å². The minimum Gasteiger partial charge on any atom is -0.493 e. The van der Waals surface area contributed by atoms with E-state index in [-0.39, 0.29) is 11.9 Å². The van der Waals surface area contributed by atoms with Crippen LogP contribution in [0, 0.1) is 5.82 Å². The SMILES string of the molecule is CCC(c1cc(Cl)cc2c1OCC2)n1cc(-c2cc(N)ccc2F)nn1. The number of nitrogens with zero attached hydrogens (tertiary/aromatic N) is 3. The van der Waals surface area contributed by atoms with Gasteiger partial charge in [0, 0.05) is 28.3 Å². The van der Waals surface area contributed by atoms with Crippen LogP contribution < -0.4 is 10.5 Å². The van der Waals surface area contributed by atoms with Gasteiger partial charge in [-0.05, 0) is 42.3 Å². The van der Waals surface area contributed by atoms with Crippen LogP contribution in [0.15, 0.2) is 36.5 Å². The van der Waals surface area contributed by atoms with Crippen molar-refractivity contribution in [3.63, 3.8) is 0 Å². The number of rotatable bonds is 4. The number of nitrogen functional groups attached to an aromatic ring is 1. The molecule has 0 spiro atoms. The maximum absolute atomic E-state index is 14.1. The predicted octanol–water partition coefficient (Wildman–Crippen LogP) is 4.25. The molecule has 4 rings (SSSR count). The van der Waals surface area contributed by atoms with E-state index in [2.05, 4.69) is 17.2 Å². The average molecular weight is 373 g/mol. The standard InChI is InChI=1S/C19H18ClFN4O/c1-2-18(15-8-12(20)7-11-5-6-26-19(11)15)25-10-17(23-24-25)14-9-13(22)3-4-16(14)21/h3-4,7-10,18H,2,5-6,22H2,1H3. The van der Waals surface area contributed by atoms with Gasteiger partial charge in [-0.25, -0.2) is 9.07 Å². The summed E-state index contributed by atoms with van der Waals surface area (Å²) >= 11 is 6.29. The number of nitrogens with two attached hydrogens (primary N) is 1. The third-order valence-corrected chi connectivity index (χ3v) is 4.84.